The van der Waals surface area contributed by atoms with Gasteiger partial charge in [-0.1, -0.05) is 45.0 Å². The number of rotatable bonds is 4. The van der Waals surface area contributed by atoms with Crippen LogP contribution in [-0.2, 0) is 16.6 Å². The number of hydrogen-bond donors (Lipinski definition) is 1. The Bertz CT molecular complexity index is 1770. The molecule has 224 valence electrons. The zero-order chi connectivity index (χ0) is 30.9. The molecule has 0 unspecified atom stereocenters. The molecule has 3 heterocycles. The molecule has 5 rings (SSSR count). The molecule has 0 spiro atoms. The van der Waals surface area contributed by atoms with Crippen molar-refractivity contribution in [3.8, 4) is 17.1 Å². The fourth-order valence-electron chi connectivity index (χ4n) is 5.24. The van der Waals surface area contributed by atoms with E-state index in [-0.39, 0.29) is 46.5 Å². The predicted molar refractivity (Wildman–Crippen MR) is 162 cm³/mol. The number of ether oxygens (including phenoxy) is 1. The van der Waals surface area contributed by atoms with Crippen molar-refractivity contribution in [2.75, 3.05) is 11.3 Å². The first-order valence-electron chi connectivity index (χ1n) is 13.9. The highest BCUT2D eigenvalue weighted by Crippen LogP contribution is 2.31. The Morgan fingerprint density at radius 1 is 1.02 bits per heavy atom. The number of nitrogens with one attached hydrogen (secondary N) is 1. The number of amides is 1. The first-order chi connectivity index (χ1) is 20.3. The van der Waals surface area contributed by atoms with E-state index in [0.717, 1.165) is 16.7 Å². The molecule has 2 aromatic carbocycles. The Morgan fingerprint density at radius 2 is 1.74 bits per heavy atom. The number of fused-ring (bicyclic) bond motifs is 4. The highest BCUT2D eigenvalue weighted by atomic mass is 32.2. The summed E-state index contributed by atoms with van der Waals surface area (Å²) in [5.74, 6) is -1.06. The lowest BCUT2D eigenvalue weighted by Crippen LogP contribution is -2.45. The quantitative estimate of drug-likeness (QED) is 0.307. The van der Waals surface area contributed by atoms with Gasteiger partial charge in [0.15, 0.2) is 0 Å². The number of halogens is 1. The molecule has 0 fully saturated rings. The first kappa shape index (κ1) is 30.1. The van der Waals surface area contributed by atoms with Crippen LogP contribution in [0.4, 0.5) is 10.3 Å². The molecule has 4 aromatic rings. The first-order valence-corrected chi connectivity index (χ1v) is 15.4. The number of nitrogens with zero attached hydrogens (tertiary/aromatic N) is 4. The summed E-state index contributed by atoms with van der Waals surface area (Å²) in [6.45, 7) is 9.87. The molecule has 11 heteroatoms. The Morgan fingerprint density at radius 3 is 2.44 bits per heavy atom. The minimum absolute atomic E-state index is 0.00650. The number of carbonyl (C=O) groups is 1. The number of aryl methyl sites for hydroxylation is 2. The Labute approximate surface area is 251 Å². The molecule has 1 aliphatic rings. The van der Waals surface area contributed by atoms with Crippen molar-refractivity contribution in [3.05, 3.63) is 95.1 Å². The van der Waals surface area contributed by atoms with Gasteiger partial charge in [0, 0.05) is 23.4 Å². The van der Waals surface area contributed by atoms with Gasteiger partial charge in [0.25, 0.3) is 15.9 Å². The summed E-state index contributed by atoms with van der Waals surface area (Å²) in [6, 6.07) is 15.4. The van der Waals surface area contributed by atoms with E-state index in [0.29, 0.717) is 12.1 Å². The van der Waals surface area contributed by atoms with Crippen molar-refractivity contribution in [1.29, 1.82) is 0 Å². The summed E-state index contributed by atoms with van der Waals surface area (Å²) in [6.07, 6.45) is 1.96. The van der Waals surface area contributed by atoms with E-state index in [9.17, 15) is 17.6 Å². The normalized spacial score (nSPS) is 16.7. The van der Waals surface area contributed by atoms with Crippen molar-refractivity contribution < 1.29 is 22.3 Å². The van der Waals surface area contributed by atoms with Crippen molar-refractivity contribution in [2.24, 2.45) is 5.41 Å². The highest BCUT2D eigenvalue weighted by molar-refractivity contribution is 7.92. The zero-order valence-electron chi connectivity index (χ0n) is 24.8. The van der Waals surface area contributed by atoms with Crippen LogP contribution in [0.15, 0.2) is 71.8 Å². The van der Waals surface area contributed by atoms with Crippen LogP contribution in [0, 0.1) is 25.1 Å². The van der Waals surface area contributed by atoms with Crippen LogP contribution in [0.3, 0.4) is 0 Å². The fourth-order valence-corrected chi connectivity index (χ4v) is 6.23. The molecule has 0 saturated carbocycles. The van der Waals surface area contributed by atoms with Crippen LogP contribution in [0.5, 0.6) is 5.88 Å². The van der Waals surface area contributed by atoms with Crippen LogP contribution >= 0.6 is 0 Å². The second kappa shape index (κ2) is 11.7. The lowest BCUT2D eigenvalue weighted by atomic mass is 9.87. The molecular weight excluding hydrogens is 569 g/mol. The number of aromatic nitrogens is 3. The fraction of sp³-hybridized carbons (Fsp3) is 0.312. The van der Waals surface area contributed by atoms with Gasteiger partial charge in [0.1, 0.15) is 12.4 Å². The van der Waals surface area contributed by atoms with Gasteiger partial charge in [-0.15, -0.1) is 0 Å². The Kier molecular flexibility index (Phi) is 8.20. The number of hydrogen-bond acceptors (Lipinski definition) is 7. The number of anilines is 1. The molecule has 2 aromatic heterocycles. The zero-order valence-corrected chi connectivity index (χ0v) is 25.6. The van der Waals surface area contributed by atoms with E-state index in [1.54, 1.807) is 6.07 Å². The summed E-state index contributed by atoms with van der Waals surface area (Å²) >= 11 is 0. The van der Waals surface area contributed by atoms with E-state index in [4.69, 9.17) is 4.74 Å². The molecule has 1 atom stereocenters. The lowest BCUT2D eigenvalue weighted by Gasteiger charge is -2.35. The third-order valence-corrected chi connectivity index (χ3v) is 8.51. The van der Waals surface area contributed by atoms with Crippen molar-refractivity contribution in [2.45, 2.75) is 58.5 Å². The minimum Gasteiger partial charge on any atom is -0.475 e. The third-order valence-electron chi connectivity index (χ3n) is 7.18. The maximum atomic E-state index is 14.8. The number of carbonyl (C=O) groups excluding carboxylic acids is 1. The smallest absolute Gasteiger partial charge is 0.264 e. The molecule has 0 saturated heterocycles. The van der Waals surface area contributed by atoms with E-state index >= 15 is 0 Å². The number of benzene rings is 2. The summed E-state index contributed by atoms with van der Waals surface area (Å²) in [7, 11) is -4.20. The van der Waals surface area contributed by atoms with Crippen LogP contribution in [0.1, 0.15) is 54.4 Å². The maximum Gasteiger partial charge on any atom is 0.264 e. The third kappa shape index (κ3) is 6.83. The largest absolute Gasteiger partial charge is 0.475 e. The van der Waals surface area contributed by atoms with Crippen LogP contribution in [0.25, 0.3) is 11.3 Å². The van der Waals surface area contributed by atoms with Gasteiger partial charge in [0.05, 0.1) is 28.9 Å². The molecule has 1 N–H and O–H groups in total. The van der Waals surface area contributed by atoms with Crippen molar-refractivity contribution >= 4 is 21.9 Å². The maximum absolute atomic E-state index is 14.8. The molecule has 1 amide bonds. The topological polar surface area (TPSA) is 114 Å². The Hall–Kier alpha value is -4.38. The molecule has 0 radical (unpaired) electrons. The second-order valence-electron chi connectivity index (χ2n) is 11.9. The number of sulfonamides is 1. The van der Waals surface area contributed by atoms with Crippen LogP contribution < -0.4 is 9.46 Å². The van der Waals surface area contributed by atoms with E-state index in [1.807, 2.05) is 52.8 Å². The summed E-state index contributed by atoms with van der Waals surface area (Å²) < 4.78 is 50.6. The van der Waals surface area contributed by atoms with E-state index < -0.39 is 27.8 Å². The summed E-state index contributed by atoms with van der Waals surface area (Å²) in [5.41, 5.74) is 3.17. The summed E-state index contributed by atoms with van der Waals surface area (Å²) in [4.78, 5) is 28.6. The van der Waals surface area contributed by atoms with E-state index in [1.165, 1.54) is 47.5 Å². The van der Waals surface area contributed by atoms with Gasteiger partial charge in [-0.25, -0.2) is 22.5 Å². The average Bonchev–Trinajstić information content (AvgIpc) is 2.93. The molecule has 4 bridgehead atoms. The Balaban J connectivity index is 1.69. The van der Waals surface area contributed by atoms with Crippen LogP contribution in [0.2, 0.25) is 0 Å². The highest BCUT2D eigenvalue weighted by Gasteiger charge is 2.32. The molecule has 9 nitrogen and oxygen atoms in total. The minimum atomic E-state index is -4.20. The van der Waals surface area contributed by atoms with Gasteiger partial charge >= 0.3 is 0 Å². The predicted octanol–water partition coefficient (Wildman–Crippen LogP) is 5.93. The molecule has 0 aliphatic carbocycles. The monoisotopic (exact) mass is 603 g/mol. The average molecular weight is 604 g/mol. The van der Waals surface area contributed by atoms with Crippen LogP contribution in [-0.4, -0.2) is 46.8 Å². The van der Waals surface area contributed by atoms with Gasteiger partial charge in [0.2, 0.25) is 11.8 Å². The standard InChI is InChI=1S/C32H34FN5O4S/c1-20-9-6-10-21(2)29(20)26-16-28-36-31(35-26)37-43(40,41)24-12-7-11-22(15-24)30(39)38(18-27-25(33)13-8-14-34-27)23(19-42-28)17-32(3,4)5/h6-16,23H,17-19H2,1-5H3,(H,35,36,37)/t23-/m1/s1. The van der Waals surface area contributed by atoms with Gasteiger partial charge in [-0.2, -0.15) is 4.98 Å². The van der Waals surface area contributed by atoms with Gasteiger partial charge in [-0.05, 0) is 67.1 Å². The van der Waals surface area contributed by atoms with Gasteiger partial charge < -0.3 is 9.64 Å². The molecule has 1 aliphatic heterocycles. The number of pyridine rings is 1. The van der Waals surface area contributed by atoms with Crippen molar-refractivity contribution in [1.82, 2.24) is 19.9 Å². The molecule has 43 heavy (non-hydrogen) atoms. The van der Waals surface area contributed by atoms with Crippen molar-refractivity contribution in [3.63, 3.8) is 0 Å². The summed E-state index contributed by atoms with van der Waals surface area (Å²) in [5, 5.41) is 0. The SMILES string of the molecule is Cc1cccc(C)c1-c1cc2nc(n1)NS(=O)(=O)c1cccc(c1)C(=O)N(Cc1ncccc1F)[C@H](CC(C)(C)C)CO2. The van der Waals surface area contributed by atoms with Gasteiger partial charge in [-0.3, -0.25) is 9.78 Å². The molecular formula is C32H34FN5O4S. The lowest BCUT2D eigenvalue weighted by molar-refractivity contribution is 0.0506. The second-order valence-corrected chi connectivity index (χ2v) is 13.6. The van der Waals surface area contributed by atoms with E-state index in [2.05, 4.69) is 19.7 Å².